The zero-order valence-corrected chi connectivity index (χ0v) is 12.5. The lowest BCUT2D eigenvalue weighted by Crippen LogP contribution is -2.39. The molecule has 1 aliphatic carbocycles. The Morgan fingerprint density at radius 3 is 2.56 bits per heavy atom. The van der Waals surface area contributed by atoms with E-state index in [-0.39, 0.29) is 12.0 Å². The largest absolute Gasteiger partial charge is 0.307 e. The number of carbonyl (C=O) groups is 1. The highest BCUT2D eigenvalue weighted by molar-refractivity contribution is 5.86. The van der Waals surface area contributed by atoms with Crippen LogP contribution in [-0.4, -0.2) is 18.4 Å². The van der Waals surface area contributed by atoms with Crippen molar-refractivity contribution >= 4 is 5.78 Å². The van der Waals surface area contributed by atoms with Crippen LogP contribution in [0.5, 0.6) is 0 Å². The number of allylic oxidation sites excluding steroid dienone is 3. The van der Waals surface area contributed by atoms with Crippen molar-refractivity contribution in [2.24, 2.45) is 5.92 Å². The van der Waals surface area contributed by atoms with Gasteiger partial charge in [-0.15, -0.1) is 0 Å². The Hall–Kier alpha value is -0.890. The van der Waals surface area contributed by atoms with Crippen LogP contribution in [0.15, 0.2) is 22.8 Å². The lowest BCUT2D eigenvalue weighted by atomic mass is 9.86. The molecule has 0 aromatic rings. The van der Waals surface area contributed by atoms with Gasteiger partial charge in [-0.25, -0.2) is 0 Å². The molecular weight excluding hydrogens is 222 g/mol. The van der Waals surface area contributed by atoms with Crippen LogP contribution in [0.1, 0.15) is 53.9 Å². The minimum atomic E-state index is -0.0265. The van der Waals surface area contributed by atoms with E-state index >= 15 is 0 Å². The maximum atomic E-state index is 12.2. The van der Waals surface area contributed by atoms with Crippen molar-refractivity contribution in [1.82, 2.24) is 5.32 Å². The standard InChI is InChI=1S/C16H27NO/c1-6-17-15(16(18)11(2)3)10-14-12(4)8-7-9-13(14)5/h8,11,15,17H,6-7,9-10H2,1-5H3. The van der Waals surface area contributed by atoms with Gasteiger partial charge < -0.3 is 5.32 Å². The van der Waals surface area contributed by atoms with Gasteiger partial charge in [0.2, 0.25) is 0 Å². The second-order valence-corrected chi connectivity index (χ2v) is 5.56. The third-order valence-electron chi connectivity index (χ3n) is 3.73. The molecule has 1 aliphatic rings. The second-order valence-electron chi connectivity index (χ2n) is 5.56. The van der Waals surface area contributed by atoms with Gasteiger partial charge in [-0.3, -0.25) is 4.79 Å². The zero-order valence-electron chi connectivity index (χ0n) is 12.5. The van der Waals surface area contributed by atoms with Crippen molar-refractivity contribution < 1.29 is 4.79 Å². The summed E-state index contributed by atoms with van der Waals surface area (Å²) in [6.45, 7) is 11.2. The first-order valence-corrected chi connectivity index (χ1v) is 7.10. The van der Waals surface area contributed by atoms with Crippen molar-refractivity contribution in [2.45, 2.75) is 59.9 Å². The summed E-state index contributed by atoms with van der Waals surface area (Å²) in [6, 6.07) is -0.0265. The van der Waals surface area contributed by atoms with Crippen LogP contribution < -0.4 is 5.32 Å². The normalized spacial score (nSPS) is 18.0. The molecule has 0 bridgehead atoms. The van der Waals surface area contributed by atoms with Crippen LogP contribution in [0.3, 0.4) is 0 Å². The highest BCUT2D eigenvalue weighted by Crippen LogP contribution is 2.28. The van der Waals surface area contributed by atoms with Gasteiger partial charge >= 0.3 is 0 Å². The van der Waals surface area contributed by atoms with Gasteiger partial charge in [0.1, 0.15) is 0 Å². The van der Waals surface area contributed by atoms with E-state index in [1.807, 2.05) is 13.8 Å². The van der Waals surface area contributed by atoms with E-state index in [1.165, 1.54) is 16.7 Å². The van der Waals surface area contributed by atoms with Crippen molar-refractivity contribution in [1.29, 1.82) is 0 Å². The Morgan fingerprint density at radius 2 is 2.06 bits per heavy atom. The molecule has 1 N–H and O–H groups in total. The Bertz CT molecular complexity index is 363. The van der Waals surface area contributed by atoms with E-state index in [4.69, 9.17) is 0 Å². The first kappa shape index (κ1) is 15.2. The Morgan fingerprint density at radius 1 is 1.39 bits per heavy atom. The van der Waals surface area contributed by atoms with Gasteiger partial charge in [0, 0.05) is 5.92 Å². The number of hydrogen-bond donors (Lipinski definition) is 1. The summed E-state index contributed by atoms with van der Waals surface area (Å²) in [5.41, 5.74) is 4.20. The molecule has 0 fully saturated rings. The summed E-state index contributed by atoms with van der Waals surface area (Å²) in [5.74, 6) is 0.429. The van der Waals surface area contributed by atoms with Crippen molar-refractivity contribution in [3.05, 3.63) is 22.8 Å². The van der Waals surface area contributed by atoms with Gasteiger partial charge in [-0.2, -0.15) is 0 Å². The molecule has 0 saturated heterocycles. The Labute approximate surface area is 112 Å². The third kappa shape index (κ3) is 3.81. The molecule has 0 radical (unpaired) electrons. The van der Waals surface area contributed by atoms with Gasteiger partial charge in [-0.1, -0.05) is 38.0 Å². The smallest absolute Gasteiger partial charge is 0.152 e. The summed E-state index contributed by atoms with van der Waals surface area (Å²) >= 11 is 0. The molecule has 2 heteroatoms. The number of Topliss-reactive ketones (excluding diaryl/α,β-unsaturated/α-hetero) is 1. The SMILES string of the molecule is CCNC(CC1=C(C)CCC=C1C)C(=O)C(C)C. The summed E-state index contributed by atoms with van der Waals surface area (Å²) in [4.78, 5) is 12.2. The predicted octanol–water partition coefficient (Wildman–Crippen LogP) is 3.64. The van der Waals surface area contributed by atoms with Crippen LogP contribution in [0.4, 0.5) is 0 Å². The molecule has 1 atom stereocenters. The van der Waals surface area contributed by atoms with E-state index < -0.39 is 0 Å². The van der Waals surface area contributed by atoms with Crippen LogP contribution in [-0.2, 0) is 4.79 Å². The first-order valence-electron chi connectivity index (χ1n) is 7.10. The molecular formula is C16H27NO. The van der Waals surface area contributed by atoms with E-state index in [2.05, 4.69) is 32.2 Å². The topological polar surface area (TPSA) is 29.1 Å². The minimum Gasteiger partial charge on any atom is -0.307 e. The minimum absolute atomic E-state index is 0.0265. The van der Waals surface area contributed by atoms with E-state index in [1.54, 1.807) is 0 Å². The van der Waals surface area contributed by atoms with Gasteiger partial charge in [0.15, 0.2) is 5.78 Å². The molecule has 0 amide bonds. The van der Waals surface area contributed by atoms with Crippen LogP contribution >= 0.6 is 0 Å². The molecule has 1 unspecified atom stereocenters. The Kier molecular flexibility index (Phi) is 5.80. The molecule has 18 heavy (non-hydrogen) atoms. The van der Waals surface area contributed by atoms with Gasteiger partial charge in [0.25, 0.3) is 0 Å². The highest BCUT2D eigenvalue weighted by Gasteiger charge is 2.23. The molecule has 0 heterocycles. The molecule has 0 aromatic carbocycles. The summed E-state index contributed by atoms with van der Waals surface area (Å²) in [5, 5.41) is 3.34. The fraction of sp³-hybridized carbons (Fsp3) is 0.688. The molecule has 0 aromatic heterocycles. The maximum absolute atomic E-state index is 12.2. The second kappa shape index (κ2) is 6.89. The summed E-state index contributed by atoms with van der Waals surface area (Å²) < 4.78 is 0. The number of ketones is 1. The average molecular weight is 249 g/mol. The number of nitrogens with one attached hydrogen (secondary N) is 1. The summed E-state index contributed by atoms with van der Waals surface area (Å²) in [6.07, 6.45) is 5.43. The van der Waals surface area contributed by atoms with Crippen LogP contribution in [0, 0.1) is 5.92 Å². The zero-order chi connectivity index (χ0) is 13.7. The first-order chi connectivity index (χ1) is 8.47. The molecule has 0 aliphatic heterocycles. The highest BCUT2D eigenvalue weighted by atomic mass is 16.1. The average Bonchev–Trinajstić information content (AvgIpc) is 2.31. The maximum Gasteiger partial charge on any atom is 0.152 e. The van der Waals surface area contributed by atoms with Crippen molar-refractivity contribution in [2.75, 3.05) is 6.54 Å². The van der Waals surface area contributed by atoms with Crippen LogP contribution in [0.2, 0.25) is 0 Å². The number of rotatable bonds is 6. The molecule has 0 spiro atoms. The van der Waals surface area contributed by atoms with Gasteiger partial charge in [0.05, 0.1) is 6.04 Å². The monoisotopic (exact) mass is 249 g/mol. The number of likely N-dealkylation sites (N-methyl/N-ethyl adjacent to an activating group) is 1. The van der Waals surface area contributed by atoms with E-state index in [0.717, 1.165) is 25.8 Å². The number of carbonyl (C=O) groups excluding carboxylic acids is 1. The molecule has 2 nitrogen and oxygen atoms in total. The quantitative estimate of drug-likeness (QED) is 0.778. The fourth-order valence-electron chi connectivity index (χ4n) is 2.58. The molecule has 102 valence electrons. The van der Waals surface area contributed by atoms with Gasteiger partial charge in [-0.05, 0) is 45.2 Å². The van der Waals surface area contributed by atoms with E-state index in [9.17, 15) is 4.79 Å². The molecule has 1 rings (SSSR count). The predicted molar refractivity (Wildman–Crippen MR) is 77.6 cm³/mol. The van der Waals surface area contributed by atoms with Crippen molar-refractivity contribution in [3.63, 3.8) is 0 Å². The Balaban J connectivity index is 2.84. The van der Waals surface area contributed by atoms with Crippen molar-refractivity contribution in [3.8, 4) is 0 Å². The van der Waals surface area contributed by atoms with Crippen LogP contribution in [0.25, 0.3) is 0 Å². The third-order valence-corrected chi connectivity index (χ3v) is 3.73. The van der Waals surface area contributed by atoms with E-state index in [0.29, 0.717) is 5.78 Å². The lowest BCUT2D eigenvalue weighted by molar-refractivity contribution is -0.123. The number of hydrogen-bond acceptors (Lipinski definition) is 2. The summed E-state index contributed by atoms with van der Waals surface area (Å²) in [7, 11) is 0. The molecule has 0 saturated carbocycles. The fourth-order valence-corrected chi connectivity index (χ4v) is 2.58. The lowest BCUT2D eigenvalue weighted by Gasteiger charge is -2.24.